The molecule has 1 fully saturated rings. The minimum atomic E-state index is -0.370. The zero-order valence-corrected chi connectivity index (χ0v) is 16.1. The number of nitrogens with one attached hydrogen (secondary N) is 1. The lowest BCUT2D eigenvalue weighted by molar-refractivity contribution is -0.385. The van der Waals surface area contributed by atoms with Crippen molar-refractivity contribution >= 4 is 11.6 Å². The maximum absolute atomic E-state index is 12.7. The van der Waals surface area contributed by atoms with Gasteiger partial charge in [-0.15, -0.1) is 0 Å². The van der Waals surface area contributed by atoms with Crippen molar-refractivity contribution in [3.05, 3.63) is 75.3 Å². The first-order valence-electron chi connectivity index (χ1n) is 9.40. The van der Waals surface area contributed by atoms with E-state index < -0.39 is 0 Å². The number of nitrogens with zero attached hydrogens (tertiary/aromatic N) is 2. The Morgan fingerprint density at radius 2 is 1.75 bits per heavy atom. The number of rotatable bonds is 6. The maximum Gasteiger partial charge on any atom is 0.273 e. The van der Waals surface area contributed by atoms with Gasteiger partial charge in [-0.3, -0.25) is 14.9 Å². The third-order valence-corrected chi connectivity index (χ3v) is 4.74. The predicted molar refractivity (Wildman–Crippen MR) is 106 cm³/mol. The lowest BCUT2D eigenvalue weighted by Gasteiger charge is -2.35. The monoisotopic (exact) mass is 383 g/mol. The summed E-state index contributed by atoms with van der Waals surface area (Å²) in [4.78, 5) is 25.2. The lowest BCUT2D eigenvalue weighted by Crippen LogP contribution is -2.48. The van der Waals surface area contributed by atoms with Crippen LogP contribution in [0.3, 0.4) is 0 Å². The molecule has 0 bridgehead atoms. The molecule has 3 rings (SSSR count). The van der Waals surface area contributed by atoms with Crippen LogP contribution in [0.2, 0.25) is 0 Å². The molecular weight excluding hydrogens is 358 g/mol. The topological polar surface area (TPSA) is 84.7 Å². The van der Waals surface area contributed by atoms with E-state index in [-0.39, 0.29) is 28.7 Å². The van der Waals surface area contributed by atoms with Crippen LogP contribution in [-0.4, -0.2) is 41.0 Å². The van der Waals surface area contributed by atoms with Gasteiger partial charge in [0, 0.05) is 43.4 Å². The summed E-state index contributed by atoms with van der Waals surface area (Å²) < 4.78 is 5.68. The highest BCUT2D eigenvalue weighted by Crippen LogP contribution is 2.18. The van der Waals surface area contributed by atoms with E-state index in [0.717, 1.165) is 5.56 Å². The molecule has 1 N–H and O–H groups in total. The Hall–Kier alpha value is -2.77. The Morgan fingerprint density at radius 1 is 1.11 bits per heavy atom. The van der Waals surface area contributed by atoms with Crippen molar-refractivity contribution in [2.75, 3.05) is 13.1 Å². The van der Waals surface area contributed by atoms with Gasteiger partial charge < -0.3 is 15.0 Å². The molecule has 0 radical (unpaired) electrons. The van der Waals surface area contributed by atoms with Crippen LogP contribution >= 0.6 is 0 Å². The molecule has 1 aliphatic heterocycles. The van der Waals surface area contributed by atoms with E-state index in [9.17, 15) is 14.9 Å². The van der Waals surface area contributed by atoms with Crippen molar-refractivity contribution in [1.29, 1.82) is 0 Å². The summed E-state index contributed by atoms with van der Waals surface area (Å²) in [6.45, 7) is 6.11. The zero-order chi connectivity index (χ0) is 20.1. The Bertz CT molecular complexity index is 828. The van der Waals surface area contributed by atoms with Crippen LogP contribution in [-0.2, 0) is 17.8 Å². The molecule has 0 aromatic heterocycles. The van der Waals surface area contributed by atoms with Gasteiger partial charge in [-0.2, -0.15) is 0 Å². The summed E-state index contributed by atoms with van der Waals surface area (Å²) >= 11 is 0. The highest BCUT2D eigenvalue weighted by Gasteiger charge is 2.26. The number of hydrogen-bond acceptors (Lipinski definition) is 5. The predicted octanol–water partition coefficient (Wildman–Crippen LogP) is 3.13. The highest BCUT2D eigenvalue weighted by molar-refractivity contribution is 5.94. The van der Waals surface area contributed by atoms with Gasteiger partial charge in [0.15, 0.2) is 0 Å². The number of nitro groups is 1. The number of ether oxygens (including phenoxy) is 1. The smallest absolute Gasteiger partial charge is 0.273 e. The second-order valence-corrected chi connectivity index (χ2v) is 7.15. The first-order chi connectivity index (χ1) is 13.4. The SMILES string of the molecule is CC1CN(C(=O)c2ccc(CNCc3ccccc3[N+](=O)[O-])cc2)CC(C)O1. The first-order valence-corrected chi connectivity index (χ1v) is 9.40. The third-order valence-electron chi connectivity index (χ3n) is 4.74. The number of nitro benzene ring substituents is 1. The molecule has 1 amide bonds. The summed E-state index contributed by atoms with van der Waals surface area (Å²) in [6.07, 6.45) is 0.0800. The van der Waals surface area contributed by atoms with Crippen LogP contribution in [0.5, 0.6) is 0 Å². The van der Waals surface area contributed by atoms with Gasteiger partial charge in [0.2, 0.25) is 0 Å². The average molecular weight is 383 g/mol. The zero-order valence-electron chi connectivity index (χ0n) is 16.1. The van der Waals surface area contributed by atoms with Crippen LogP contribution in [0.15, 0.2) is 48.5 Å². The highest BCUT2D eigenvalue weighted by atomic mass is 16.6. The Kier molecular flexibility index (Phi) is 6.38. The molecule has 2 atom stereocenters. The van der Waals surface area contributed by atoms with Gasteiger partial charge in [-0.1, -0.05) is 30.3 Å². The molecule has 0 spiro atoms. The fourth-order valence-electron chi connectivity index (χ4n) is 3.47. The number of carbonyl (C=O) groups is 1. The van der Waals surface area contributed by atoms with Gasteiger partial charge in [0.25, 0.3) is 11.6 Å². The van der Waals surface area contributed by atoms with Gasteiger partial charge in [-0.25, -0.2) is 0 Å². The maximum atomic E-state index is 12.7. The number of benzene rings is 2. The van der Waals surface area contributed by atoms with Crippen LogP contribution < -0.4 is 5.32 Å². The van der Waals surface area contributed by atoms with E-state index in [0.29, 0.717) is 37.3 Å². The molecule has 148 valence electrons. The fraction of sp³-hybridized carbons (Fsp3) is 0.381. The summed E-state index contributed by atoms with van der Waals surface area (Å²) in [7, 11) is 0. The third kappa shape index (κ3) is 4.94. The minimum absolute atomic E-state index is 0.0152. The number of morpholine rings is 1. The first kappa shape index (κ1) is 20.0. The molecule has 0 aliphatic carbocycles. The molecule has 1 heterocycles. The summed E-state index contributed by atoms with van der Waals surface area (Å²) in [6, 6.07) is 14.2. The van der Waals surface area contributed by atoms with E-state index in [2.05, 4.69) is 5.32 Å². The molecule has 7 heteroatoms. The van der Waals surface area contributed by atoms with E-state index in [1.807, 2.05) is 43.0 Å². The molecule has 1 saturated heterocycles. The van der Waals surface area contributed by atoms with Gasteiger partial charge >= 0.3 is 0 Å². The number of amides is 1. The molecule has 2 aromatic carbocycles. The average Bonchev–Trinajstić information content (AvgIpc) is 2.67. The summed E-state index contributed by atoms with van der Waals surface area (Å²) in [5, 5.41) is 14.3. The second-order valence-electron chi connectivity index (χ2n) is 7.15. The lowest BCUT2D eigenvalue weighted by atomic mass is 10.1. The van der Waals surface area contributed by atoms with E-state index in [4.69, 9.17) is 4.74 Å². The molecule has 28 heavy (non-hydrogen) atoms. The largest absolute Gasteiger partial charge is 0.372 e. The fourth-order valence-corrected chi connectivity index (χ4v) is 3.47. The number of carbonyl (C=O) groups excluding carboxylic acids is 1. The quantitative estimate of drug-likeness (QED) is 0.612. The number of para-hydroxylation sites is 1. The minimum Gasteiger partial charge on any atom is -0.372 e. The van der Waals surface area contributed by atoms with E-state index in [1.54, 1.807) is 18.2 Å². The van der Waals surface area contributed by atoms with Crippen molar-refractivity contribution < 1.29 is 14.5 Å². The molecule has 7 nitrogen and oxygen atoms in total. The Morgan fingerprint density at radius 3 is 2.39 bits per heavy atom. The van der Waals surface area contributed by atoms with E-state index in [1.165, 1.54) is 6.07 Å². The summed E-state index contributed by atoms with van der Waals surface area (Å²) in [5.74, 6) is 0.0152. The molecule has 2 unspecified atom stereocenters. The molecular formula is C21H25N3O4. The Labute approximate surface area is 164 Å². The normalized spacial score (nSPS) is 19.4. The molecule has 2 aromatic rings. The van der Waals surface area contributed by atoms with Crippen molar-refractivity contribution in [2.45, 2.75) is 39.1 Å². The van der Waals surface area contributed by atoms with Crippen molar-refractivity contribution in [2.24, 2.45) is 0 Å². The van der Waals surface area contributed by atoms with Gasteiger partial charge in [0.1, 0.15) is 0 Å². The van der Waals surface area contributed by atoms with Gasteiger partial charge in [0.05, 0.1) is 17.1 Å². The molecule has 1 aliphatic rings. The van der Waals surface area contributed by atoms with Crippen LogP contribution in [0, 0.1) is 10.1 Å². The van der Waals surface area contributed by atoms with E-state index >= 15 is 0 Å². The standard InChI is InChI=1S/C21H25N3O4/c1-15-13-23(14-16(2)28-15)21(25)18-9-7-17(8-10-18)11-22-12-19-5-3-4-6-20(19)24(26)27/h3-10,15-16,22H,11-14H2,1-2H3. The van der Waals surface area contributed by atoms with Crippen LogP contribution in [0.25, 0.3) is 0 Å². The number of hydrogen-bond donors (Lipinski definition) is 1. The van der Waals surface area contributed by atoms with Crippen molar-refractivity contribution in [1.82, 2.24) is 10.2 Å². The summed E-state index contributed by atoms with van der Waals surface area (Å²) in [5.41, 5.74) is 2.43. The van der Waals surface area contributed by atoms with Crippen LogP contribution in [0.1, 0.15) is 35.3 Å². The van der Waals surface area contributed by atoms with Crippen molar-refractivity contribution in [3.8, 4) is 0 Å². The second kappa shape index (κ2) is 8.95. The molecule has 0 saturated carbocycles. The van der Waals surface area contributed by atoms with Gasteiger partial charge in [-0.05, 0) is 31.5 Å². The van der Waals surface area contributed by atoms with Crippen molar-refractivity contribution in [3.63, 3.8) is 0 Å². The van der Waals surface area contributed by atoms with Crippen LogP contribution in [0.4, 0.5) is 5.69 Å². The Balaban J connectivity index is 1.56.